The number of benzene rings is 1. The molecule has 1 heterocycles. The maximum absolute atomic E-state index is 12.0. The second kappa shape index (κ2) is 6.49. The van der Waals surface area contributed by atoms with Crippen LogP contribution in [0, 0.1) is 6.92 Å². The zero-order valence-corrected chi connectivity index (χ0v) is 13.3. The van der Waals surface area contributed by atoms with E-state index in [4.69, 9.17) is 11.6 Å². The number of rotatable bonds is 3. The predicted octanol–water partition coefficient (Wildman–Crippen LogP) is 2.08. The third kappa shape index (κ3) is 3.77. The number of hydrogen-bond acceptors (Lipinski definition) is 4. The summed E-state index contributed by atoms with van der Waals surface area (Å²) in [7, 11) is 0. The van der Waals surface area contributed by atoms with E-state index in [1.165, 1.54) is 11.8 Å². The lowest BCUT2D eigenvalue weighted by Gasteiger charge is -2.27. The lowest BCUT2D eigenvalue weighted by Crippen LogP contribution is -2.49. The van der Waals surface area contributed by atoms with Crippen LogP contribution in [0.2, 0.25) is 5.02 Å². The van der Waals surface area contributed by atoms with Crippen LogP contribution < -0.4 is 5.32 Å². The Kier molecular flexibility index (Phi) is 4.90. The fourth-order valence-corrected chi connectivity index (χ4v) is 2.87. The van der Waals surface area contributed by atoms with Gasteiger partial charge in [-0.3, -0.25) is 19.3 Å². The van der Waals surface area contributed by atoms with Gasteiger partial charge in [-0.25, -0.2) is 0 Å². The first kappa shape index (κ1) is 15.9. The number of nitrogens with zero attached hydrogens (tertiary/aromatic N) is 1. The first-order chi connectivity index (χ1) is 9.88. The smallest absolute Gasteiger partial charge is 0.244 e. The highest BCUT2D eigenvalue weighted by Gasteiger charge is 2.33. The van der Waals surface area contributed by atoms with Gasteiger partial charge < -0.3 is 5.32 Å². The number of amides is 3. The number of hydrogen-bond donors (Lipinski definition) is 1. The van der Waals surface area contributed by atoms with Gasteiger partial charge in [0.05, 0.1) is 11.0 Å². The van der Waals surface area contributed by atoms with Crippen molar-refractivity contribution >= 4 is 46.8 Å². The Balaban J connectivity index is 2.02. The van der Waals surface area contributed by atoms with E-state index in [1.54, 1.807) is 25.1 Å². The van der Waals surface area contributed by atoms with Crippen LogP contribution >= 0.6 is 23.4 Å². The van der Waals surface area contributed by atoms with Gasteiger partial charge in [0.1, 0.15) is 6.54 Å². The van der Waals surface area contributed by atoms with Gasteiger partial charge in [-0.05, 0) is 31.5 Å². The molecule has 2 rings (SSSR count). The summed E-state index contributed by atoms with van der Waals surface area (Å²) in [5.74, 6) is -0.861. The first-order valence-electron chi connectivity index (χ1n) is 6.40. The Morgan fingerprint density at radius 3 is 2.86 bits per heavy atom. The third-order valence-corrected chi connectivity index (χ3v) is 4.65. The third-order valence-electron chi connectivity index (χ3n) is 3.13. The Bertz CT molecular complexity index is 606. The SMILES string of the molecule is Cc1ccc(NC(=O)CN2C(=O)CS[C@H](C)C2=O)cc1Cl. The summed E-state index contributed by atoms with van der Waals surface area (Å²) in [5, 5.41) is 2.88. The molecule has 1 aromatic rings. The number of aryl methyl sites for hydroxylation is 1. The molecule has 1 fully saturated rings. The van der Waals surface area contributed by atoms with Gasteiger partial charge in [-0.15, -0.1) is 11.8 Å². The number of thioether (sulfide) groups is 1. The van der Waals surface area contributed by atoms with Gasteiger partial charge in [-0.2, -0.15) is 0 Å². The molecule has 1 aliphatic rings. The maximum atomic E-state index is 12.0. The molecular weight excluding hydrogens is 312 g/mol. The highest BCUT2D eigenvalue weighted by Crippen LogP contribution is 2.21. The molecule has 1 atom stereocenters. The van der Waals surface area contributed by atoms with Crippen LogP contribution in [0.1, 0.15) is 12.5 Å². The van der Waals surface area contributed by atoms with Gasteiger partial charge in [-0.1, -0.05) is 17.7 Å². The van der Waals surface area contributed by atoms with Gasteiger partial charge >= 0.3 is 0 Å². The summed E-state index contributed by atoms with van der Waals surface area (Å²) in [4.78, 5) is 36.6. The van der Waals surface area contributed by atoms with Gasteiger partial charge in [0.25, 0.3) is 0 Å². The van der Waals surface area contributed by atoms with E-state index in [-0.39, 0.29) is 29.4 Å². The highest BCUT2D eigenvalue weighted by atomic mass is 35.5. The molecule has 1 aliphatic heterocycles. The largest absolute Gasteiger partial charge is 0.324 e. The lowest BCUT2D eigenvalue weighted by atomic mass is 10.2. The van der Waals surface area contributed by atoms with Crippen molar-refractivity contribution in [3.63, 3.8) is 0 Å². The normalized spacial score (nSPS) is 18.8. The van der Waals surface area contributed by atoms with Gasteiger partial charge in [0, 0.05) is 10.7 Å². The van der Waals surface area contributed by atoms with Crippen LogP contribution in [-0.2, 0) is 14.4 Å². The van der Waals surface area contributed by atoms with Crippen LogP contribution in [0.25, 0.3) is 0 Å². The number of halogens is 1. The molecule has 0 saturated carbocycles. The van der Waals surface area contributed by atoms with Gasteiger partial charge in [0.15, 0.2) is 0 Å². The van der Waals surface area contributed by atoms with Crippen LogP contribution in [0.3, 0.4) is 0 Å². The average molecular weight is 327 g/mol. The van der Waals surface area contributed by atoms with Crippen LogP contribution in [0.4, 0.5) is 5.69 Å². The minimum Gasteiger partial charge on any atom is -0.324 e. The van der Waals surface area contributed by atoms with E-state index < -0.39 is 5.91 Å². The summed E-state index contributed by atoms with van der Waals surface area (Å²) in [5.41, 5.74) is 1.44. The number of nitrogens with one attached hydrogen (secondary N) is 1. The topological polar surface area (TPSA) is 66.5 Å². The average Bonchev–Trinajstić information content (AvgIpc) is 2.43. The van der Waals surface area contributed by atoms with E-state index in [0.717, 1.165) is 10.5 Å². The molecule has 7 heteroatoms. The van der Waals surface area contributed by atoms with E-state index in [9.17, 15) is 14.4 Å². The second-order valence-corrected chi connectivity index (χ2v) is 6.52. The Hall–Kier alpha value is -1.53. The number of carbonyl (C=O) groups excluding carboxylic acids is 3. The summed E-state index contributed by atoms with van der Waals surface area (Å²) in [6.07, 6.45) is 0. The quantitative estimate of drug-likeness (QED) is 0.864. The molecule has 0 bridgehead atoms. The van der Waals surface area contributed by atoms with Crippen molar-refractivity contribution in [1.82, 2.24) is 4.90 Å². The van der Waals surface area contributed by atoms with E-state index in [2.05, 4.69) is 5.32 Å². The van der Waals surface area contributed by atoms with Crippen LogP contribution in [0.15, 0.2) is 18.2 Å². The monoisotopic (exact) mass is 326 g/mol. The molecule has 0 radical (unpaired) electrons. The van der Waals surface area contributed by atoms with Crippen LogP contribution in [-0.4, -0.2) is 40.2 Å². The zero-order valence-electron chi connectivity index (χ0n) is 11.7. The summed E-state index contributed by atoms with van der Waals surface area (Å²) >= 11 is 7.26. The molecule has 112 valence electrons. The van der Waals surface area contributed by atoms with Crippen LogP contribution in [0.5, 0.6) is 0 Å². The zero-order chi connectivity index (χ0) is 15.6. The maximum Gasteiger partial charge on any atom is 0.244 e. The summed E-state index contributed by atoms with van der Waals surface area (Å²) in [6, 6.07) is 5.14. The molecule has 0 aliphatic carbocycles. The second-order valence-electron chi connectivity index (χ2n) is 4.78. The molecule has 0 unspecified atom stereocenters. The number of anilines is 1. The first-order valence-corrected chi connectivity index (χ1v) is 7.83. The van der Waals surface area contributed by atoms with Crippen molar-refractivity contribution in [2.45, 2.75) is 19.1 Å². The summed E-state index contributed by atoms with van der Waals surface area (Å²) < 4.78 is 0. The molecule has 5 nitrogen and oxygen atoms in total. The predicted molar refractivity (Wildman–Crippen MR) is 83.5 cm³/mol. The van der Waals surface area contributed by atoms with E-state index in [0.29, 0.717) is 10.7 Å². The minimum absolute atomic E-state index is 0.219. The standard InChI is InChI=1S/C14H15ClN2O3S/c1-8-3-4-10(5-11(8)15)16-12(18)6-17-13(19)7-21-9(2)14(17)20/h3-5,9H,6-7H2,1-2H3,(H,16,18)/t9-/m1/s1. The Morgan fingerprint density at radius 1 is 1.48 bits per heavy atom. The fraction of sp³-hybridized carbons (Fsp3) is 0.357. The molecule has 1 saturated heterocycles. The van der Waals surface area contributed by atoms with Gasteiger partial charge in [0.2, 0.25) is 17.7 Å². The fourth-order valence-electron chi connectivity index (χ4n) is 1.87. The molecule has 1 aromatic carbocycles. The number of carbonyl (C=O) groups is 3. The molecule has 21 heavy (non-hydrogen) atoms. The Labute approximate surface area is 132 Å². The number of imide groups is 1. The minimum atomic E-state index is -0.421. The van der Waals surface area contributed by atoms with Crippen molar-refractivity contribution in [1.29, 1.82) is 0 Å². The van der Waals surface area contributed by atoms with Crippen molar-refractivity contribution in [2.75, 3.05) is 17.6 Å². The summed E-state index contributed by atoms with van der Waals surface area (Å²) in [6.45, 7) is 3.32. The Morgan fingerprint density at radius 2 is 2.19 bits per heavy atom. The van der Waals surface area contributed by atoms with Crippen molar-refractivity contribution in [3.8, 4) is 0 Å². The molecule has 0 spiro atoms. The van der Waals surface area contributed by atoms with Crippen molar-refractivity contribution in [2.24, 2.45) is 0 Å². The van der Waals surface area contributed by atoms with Crippen molar-refractivity contribution < 1.29 is 14.4 Å². The highest BCUT2D eigenvalue weighted by molar-refractivity contribution is 8.01. The molecule has 0 aromatic heterocycles. The van der Waals surface area contributed by atoms with E-state index >= 15 is 0 Å². The lowest BCUT2D eigenvalue weighted by molar-refractivity contribution is -0.145. The molecule has 3 amide bonds. The molecular formula is C14H15ClN2O3S. The van der Waals surface area contributed by atoms with Crippen molar-refractivity contribution in [3.05, 3.63) is 28.8 Å². The molecule has 1 N–H and O–H groups in total. The van der Waals surface area contributed by atoms with E-state index in [1.807, 2.05) is 6.92 Å².